The van der Waals surface area contributed by atoms with Crippen molar-refractivity contribution >= 4 is 23.4 Å². The van der Waals surface area contributed by atoms with E-state index >= 15 is 0 Å². The van der Waals surface area contributed by atoms with E-state index in [1.54, 1.807) is 24.3 Å². The van der Waals surface area contributed by atoms with Gasteiger partial charge in [-0.2, -0.15) is 13.2 Å². The van der Waals surface area contributed by atoms with Crippen LogP contribution in [0.1, 0.15) is 16.7 Å². The molecule has 196 valence electrons. The van der Waals surface area contributed by atoms with Gasteiger partial charge in [0.05, 0.1) is 11.3 Å². The second kappa shape index (κ2) is 12.0. The molecule has 0 aliphatic heterocycles. The maximum atomic E-state index is 13.4. The molecule has 0 unspecified atom stereocenters. The van der Waals surface area contributed by atoms with Gasteiger partial charge >= 0.3 is 12.1 Å². The quantitative estimate of drug-likeness (QED) is 0.264. The maximum absolute atomic E-state index is 13.4. The molecule has 3 aromatic carbocycles. The van der Waals surface area contributed by atoms with Crippen LogP contribution in [-0.4, -0.2) is 22.1 Å². The lowest BCUT2D eigenvalue weighted by Gasteiger charge is -2.17. The molecule has 0 amide bonds. The largest absolute Gasteiger partial charge is 0.459 e. The number of alkyl halides is 3. The van der Waals surface area contributed by atoms with Crippen molar-refractivity contribution in [3.05, 3.63) is 117 Å². The first-order valence-corrected chi connectivity index (χ1v) is 12.1. The molecule has 10 heteroatoms. The molecule has 0 bridgehead atoms. The fourth-order valence-corrected chi connectivity index (χ4v) is 4.10. The summed E-state index contributed by atoms with van der Waals surface area (Å²) in [6, 6.07) is 22.8. The summed E-state index contributed by atoms with van der Waals surface area (Å²) < 4.78 is 46.4. The molecule has 4 aromatic rings. The van der Waals surface area contributed by atoms with Crippen LogP contribution in [0.25, 0.3) is 11.3 Å². The molecule has 1 N–H and O–H groups in total. The Morgan fingerprint density at radius 2 is 1.61 bits per heavy atom. The Balaban J connectivity index is 1.66. The molecular weight excluding hydrogens is 519 g/mol. The fourth-order valence-electron chi connectivity index (χ4n) is 3.81. The van der Waals surface area contributed by atoms with Crippen LogP contribution >= 0.6 is 11.6 Å². The predicted octanol–water partition coefficient (Wildman–Crippen LogP) is 5.98. The van der Waals surface area contributed by atoms with E-state index < -0.39 is 29.8 Å². The van der Waals surface area contributed by atoms with Gasteiger partial charge in [-0.3, -0.25) is 14.2 Å². The Bertz CT molecular complexity index is 1460. The van der Waals surface area contributed by atoms with E-state index in [2.05, 4.69) is 10.3 Å². The normalized spacial score (nSPS) is 11.3. The Labute approximate surface area is 221 Å². The van der Waals surface area contributed by atoms with E-state index in [1.807, 2.05) is 36.4 Å². The van der Waals surface area contributed by atoms with Gasteiger partial charge in [-0.15, -0.1) is 0 Å². The summed E-state index contributed by atoms with van der Waals surface area (Å²) >= 11 is 6.42. The van der Waals surface area contributed by atoms with Crippen molar-refractivity contribution in [1.29, 1.82) is 0 Å². The van der Waals surface area contributed by atoms with Gasteiger partial charge in [0.25, 0.3) is 5.56 Å². The summed E-state index contributed by atoms with van der Waals surface area (Å²) in [5.74, 6) is -0.890. The zero-order chi connectivity index (χ0) is 27.1. The Hall–Kier alpha value is -4.11. The van der Waals surface area contributed by atoms with Gasteiger partial charge < -0.3 is 10.1 Å². The van der Waals surface area contributed by atoms with Gasteiger partial charge in [-0.25, -0.2) is 4.98 Å². The Morgan fingerprint density at radius 1 is 0.947 bits per heavy atom. The zero-order valence-corrected chi connectivity index (χ0v) is 20.8. The molecule has 0 saturated heterocycles. The molecule has 38 heavy (non-hydrogen) atoms. The monoisotopic (exact) mass is 541 g/mol. The number of aromatic nitrogens is 2. The second-order valence-corrected chi connectivity index (χ2v) is 8.74. The first-order chi connectivity index (χ1) is 18.2. The number of hydrogen-bond acceptors (Lipinski definition) is 5. The van der Waals surface area contributed by atoms with E-state index in [0.717, 1.165) is 27.8 Å². The Kier molecular flexibility index (Phi) is 8.48. The summed E-state index contributed by atoms with van der Waals surface area (Å²) in [6.45, 7) is -0.273. The molecule has 0 atom stereocenters. The van der Waals surface area contributed by atoms with Crippen molar-refractivity contribution in [2.24, 2.45) is 0 Å². The lowest BCUT2D eigenvalue weighted by atomic mass is 10.1. The number of ether oxygens (including phenoxy) is 1. The van der Waals surface area contributed by atoms with Crippen LogP contribution in [0.3, 0.4) is 0 Å². The number of benzene rings is 3. The molecule has 0 radical (unpaired) electrons. The highest BCUT2D eigenvalue weighted by Crippen LogP contribution is 2.34. The van der Waals surface area contributed by atoms with Crippen molar-refractivity contribution in [2.75, 3.05) is 11.9 Å². The van der Waals surface area contributed by atoms with Crippen molar-refractivity contribution in [3.8, 4) is 11.3 Å². The van der Waals surface area contributed by atoms with Crippen LogP contribution in [-0.2, 0) is 35.3 Å². The van der Waals surface area contributed by atoms with Gasteiger partial charge in [0, 0.05) is 12.1 Å². The predicted molar refractivity (Wildman–Crippen MR) is 139 cm³/mol. The van der Waals surface area contributed by atoms with Crippen LogP contribution in [0.4, 0.5) is 19.0 Å². The highest BCUT2D eigenvalue weighted by Gasteiger charge is 2.31. The number of hydrogen-bond donors (Lipinski definition) is 1. The smallest absolute Gasteiger partial charge is 0.416 e. The van der Waals surface area contributed by atoms with Gasteiger partial charge in [-0.05, 0) is 29.7 Å². The third kappa shape index (κ3) is 6.80. The standard InChI is InChI=1S/C28H23ClF3N3O3/c29-25-24(21-12-7-13-22(16-21)28(30,31)32)35(17-23(36)38-18-20-10-5-2-6-11-20)27(37)26(34-25)33-15-14-19-8-3-1-4-9-19/h1-13,16H,14-15,17-18H2,(H,33,34). The van der Waals surface area contributed by atoms with E-state index in [0.29, 0.717) is 13.0 Å². The minimum atomic E-state index is -4.62. The number of nitrogens with zero attached hydrogens (tertiary/aromatic N) is 2. The first kappa shape index (κ1) is 26.9. The summed E-state index contributed by atoms with van der Waals surface area (Å²) in [7, 11) is 0. The number of carbonyl (C=O) groups excluding carboxylic acids is 1. The highest BCUT2D eigenvalue weighted by molar-refractivity contribution is 6.32. The lowest BCUT2D eigenvalue weighted by molar-refractivity contribution is -0.145. The van der Waals surface area contributed by atoms with Crippen LogP contribution in [0, 0.1) is 0 Å². The van der Waals surface area contributed by atoms with Crippen molar-refractivity contribution in [1.82, 2.24) is 9.55 Å². The fraction of sp³-hybridized carbons (Fsp3) is 0.179. The second-order valence-electron chi connectivity index (χ2n) is 8.38. The summed E-state index contributed by atoms with van der Waals surface area (Å²) in [5.41, 5.74) is -0.0127. The van der Waals surface area contributed by atoms with Crippen molar-refractivity contribution < 1.29 is 22.7 Å². The van der Waals surface area contributed by atoms with E-state index in [4.69, 9.17) is 16.3 Å². The molecule has 0 fully saturated rings. The average molecular weight is 542 g/mol. The third-order valence-corrected chi connectivity index (χ3v) is 5.93. The van der Waals surface area contributed by atoms with E-state index in [1.165, 1.54) is 12.1 Å². The number of carbonyl (C=O) groups is 1. The molecule has 1 aromatic heterocycles. The highest BCUT2D eigenvalue weighted by atomic mass is 35.5. The van der Waals surface area contributed by atoms with Crippen LogP contribution in [0.2, 0.25) is 5.15 Å². The maximum Gasteiger partial charge on any atom is 0.416 e. The molecule has 4 rings (SSSR count). The topological polar surface area (TPSA) is 73.2 Å². The number of rotatable bonds is 9. The Morgan fingerprint density at radius 3 is 2.26 bits per heavy atom. The number of anilines is 1. The molecule has 1 heterocycles. The first-order valence-electron chi connectivity index (χ1n) is 11.7. The van der Waals surface area contributed by atoms with Crippen LogP contribution in [0.5, 0.6) is 0 Å². The summed E-state index contributed by atoms with van der Waals surface area (Å²) in [6.07, 6.45) is -4.04. The van der Waals surface area contributed by atoms with Crippen LogP contribution in [0.15, 0.2) is 89.7 Å². The zero-order valence-electron chi connectivity index (χ0n) is 20.0. The van der Waals surface area contributed by atoms with Gasteiger partial charge in [0.2, 0.25) is 0 Å². The number of esters is 1. The van der Waals surface area contributed by atoms with Crippen molar-refractivity contribution in [2.45, 2.75) is 25.7 Å². The molecule has 0 aliphatic rings. The average Bonchev–Trinajstić information content (AvgIpc) is 2.91. The van der Waals surface area contributed by atoms with Crippen LogP contribution < -0.4 is 10.9 Å². The van der Waals surface area contributed by atoms with E-state index in [9.17, 15) is 22.8 Å². The minimum Gasteiger partial charge on any atom is -0.459 e. The van der Waals surface area contributed by atoms with Gasteiger partial charge in [-0.1, -0.05) is 84.4 Å². The van der Waals surface area contributed by atoms with Crippen molar-refractivity contribution in [3.63, 3.8) is 0 Å². The van der Waals surface area contributed by atoms with Gasteiger partial charge in [0.15, 0.2) is 11.0 Å². The molecule has 6 nitrogen and oxygen atoms in total. The molecule has 0 aliphatic carbocycles. The van der Waals surface area contributed by atoms with Gasteiger partial charge in [0.1, 0.15) is 13.2 Å². The number of halogens is 4. The molecule has 0 saturated carbocycles. The molecular formula is C28H23ClF3N3O3. The minimum absolute atomic E-state index is 0.0129. The van der Waals surface area contributed by atoms with E-state index in [-0.39, 0.29) is 28.8 Å². The number of nitrogens with one attached hydrogen (secondary N) is 1. The lowest BCUT2D eigenvalue weighted by Crippen LogP contribution is -2.30. The third-order valence-electron chi connectivity index (χ3n) is 5.67. The molecule has 0 spiro atoms. The SMILES string of the molecule is O=C(Cn1c(-c2cccc(C(F)(F)F)c2)c(Cl)nc(NCCc2ccccc2)c1=O)OCc1ccccc1. The summed E-state index contributed by atoms with van der Waals surface area (Å²) in [4.78, 5) is 30.2. The summed E-state index contributed by atoms with van der Waals surface area (Å²) in [5, 5.41) is 2.69.